The molecule has 3 saturated carbocycles. The molecule has 96 valence electrons. The van der Waals surface area contributed by atoms with Crippen molar-refractivity contribution < 1.29 is 9.53 Å². The Balaban J connectivity index is 1.51. The third-order valence-corrected chi connectivity index (χ3v) is 4.77. The minimum Gasteiger partial charge on any atom is -0.376 e. The van der Waals surface area contributed by atoms with Gasteiger partial charge in [-0.15, -0.1) is 0 Å². The van der Waals surface area contributed by atoms with Crippen LogP contribution in [0, 0.1) is 17.8 Å². The van der Waals surface area contributed by atoms with Crippen molar-refractivity contribution in [2.45, 2.75) is 50.8 Å². The van der Waals surface area contributed by atoms with Crippen molar-refractivity contribution in [2.24, 2.45) is 23.5 Å². The number of hydrogen-bond acceptors (Lipinski definition) is 3. The van der Waals surface area contributed by atoms with E-state index in [0.29, 0.717) is 24.4 Å². The molecule has 5 atom stereocenters. The first-order valence-corrected chi connectivity index (χ1v) is 6.90. The van der Waals surface area contributed by atoms with Crippen LogP contribution in [0.15, 0.2) is 0 Å². The van der Waals surface area contributed by atoms with Gasteiger partial charge in [-0.2, -0.15) is 0 Å². The van der Waals surface area contributed by atoms with Crippen LogP contribution >= 0.6 is 0 Å². The van der Waals surface area contributed by atoms with E-state index in [9.17, 15) is 4.79 Å². The fraction of sp³-hybridized carbons (Fsp3) is 0.923. The molecule has 0 bridgehead atoms. The summed E-state index contributed by atoms with van der Waals surface area (Å²) in [5.74, 6) is 1.87. The highest BCUT2D eigenvalue weighted by Gasteiger charge is 2.57. The summed E-state index contributed by atoms with van der Waals surface area (Å²) in [5.41, 5.74) is 5.93. The molecular formula is C13H22N2O2. The van der Waals surface area contributed by atoms with Crippen molar-refractivity contribution in [3.8, 4) is 0 Å². The predicted molar refractivity (Wildman–Crippen MR) is 64.3 cm³/mol. The lowest BCUT2D eigenvalue weighted by Crippen LogP contribution is -2.65. The zero-order chi connectivity index (χ0) is 12.0. The molecule has 3 rings (SSSR count). The van der Waals surface area contributed by atoms with E-state index in [2.05, 4.69) is 5.32 Å². The Hall–Kier alpha value is -0.610. The molecule has 1 amide bonds. The van der Waals surface area contributed by atoms with Gasteiger partial charge in [0.15, 0.2) is 0 Å². The summed E-state index contributed by atoms with van der Waals surface area (Å²) in [5, 5.41) is 3.10. The summed E-state index contributed by atoms with van der Waals surface area (Å²) in [6, 6.07) is 0.123. The van der Waals surface area contributed by atoms with Crippen LogP contribution in [0.25, 0.3) is 0 Å². The molecule has 4 nitrogen and oxygen atoms in total. The second-order valence-corrected chi connectivity index (χ2v) is 5.71. The number of fused-ring (bicyclic) bond motifs is 1. The van der Waals surface area contributed by atoms with Gasteiger partial charge < -0.3 is 15.8 Å². The lowest BCUT2D eigenvalue weighted by molar-refractivity contribution is -0.127. The highest BCUT2D eigenvalue weighted by Crippen LogP contribution is 2.57. The minimum atomic E-state index is 0.0452. The summed E-state index contributed by atoms with van der Waals surface area (Å²) in [6.45, 7) is 2.67. The van der Waals surface area contributed by atoms with Gasteiger partial charge in [-0.25, -0.2) is 0 Å². The van der Waals surface area contributed by atoms with Gasteiger partial charge in [0.05, 0.1) is 12.1 Å². The van der Waals surface area contributed by atoms with E-state index in [1.165, 1.54) is 19.3 Å². The van der Waals surface area contributed by atoms with Gasteiger partial charge >= 0.3 is 0 Å². The SMILES string of the molecule is CCOC1CC(N)C1NC(=O)C1C2CCCC21. The summed E-state index contributed by atoms with van der Waals surface area (Å²) in [6.07, 6.45) is 4.81. The minimum absolute atomic E-state index is 0.0452. The van der Waals surface area contributed by atoms with Crippen LogP contribution in [-0.2, 0) is 9.53 Å². The summed E-state index contributed by atoms with van der Waals surface area (Å²) >= 11 is 0. The topological polar surface area (TPSA) is 64.3 Å². The number of hydrogen-bond donors (Lipinski definition) is 2. The van der Waals surface area contributed by atoms with Crippen LogP contribution in [0.3, 0.4) is 0 Å². The Labute approximate surface area is 102 Å². The van der Waals surface area contributed by atoms with E-state index in [4.69, 9.17) is 10.5 Å². The molecule has 3 aliphatic carbocycles. The van der Waals surface area contributed by atoms with Gasteiger partial charge in [-0.1, -0.05) is 6.42 Å². The first-order valence-electron chi connectivity index (χ1n) is 6.90. The summed E-state index contributed by atoms with van der Waals surface area (Å²) in [7, 11) is 0. The van der Waals surface area contributed by atoms with Crippen LogP contribution in [-0.4, -0.2) is 30.7 Å². The number of carbonyl (C=O) groups is 1. The molecule has 0 aliphatic heterocycles. The van der Waals surface area contributed by atoms with E-state index in [0.717, 1.165) is 6.42 Å². The Bertz CT molecular complexity index is 309. The molecule has 3 aliphatic rings. The molecule has 0 heterocycles. The van der Waals surface area contributed by atoms with Crippen molar-refractivity contribution in [2.75, 3.05) is 6.61 Å². The molecule has 0 spiro atoms. The van der Waals surface area contributed by atoms with E-state index < -0.39 is 0 Å². The molecule has 0 aromatic rings. The Morgan fingerprint density at radius 3 is 2.71 bits per heavy atom. The molecule has 4 heteroatoms. The number of ether oxygens (including phenoxy) is 1. The van der Waals surface area contributed by atoms with Crippen LogP contribution in [0.5, 0.6) is 0 Å². The largest absolute Gasteiger partial charge is 0.376 e. The maximum Gasteiger partial charge on any atom is 0.224 e. The third kappa shape index (κ3) is 1.87. The molecule has 5 unspecified atom stereocenters. The van der Waals surface area contributed by atoms with Crippen LogP contribution in [0.2, 0.25) is 0 Å². The van der Waals surface area contributed by atoms with E-state index in [-0.39, 0.29) is 24.1 Å². The number of rotatable bonds is 4. The fourth-order valence-corrected chi connectivity index (χ4v) is 3.70. The lowest BCUT2D eigenvalue weighted by atomic mass is 9.83. The van der Waals surface area contributed by atoms with Gasteiger partial charge in [-0.3, -0.25) is 4.79 Å². The fourth-order valence-electron chi connectivity index (χ4n) is 3.70. The maximum absolute atomic E-state index is 12.1. The van der Waals surface area contributed by atoms with Gasteiger partial charge in [0, 0.05) is 18.6 Å². The number of carbonyl (C=O) groups excluding carboxylic acids is 1. The molecule has 17 heavy (non-hydrogen) atoms. The first kappa shape index (κ1) is 11.5. The smallest absolute Gasteiger partial charge is 0.224 e. The molecule has 0 aromatic heterocycles. The van der Waals surface area contributed by atoms with Gasteiger partial charge in [0.25, 0.3) is 0 Å². The average molecular weight is 238 g/mol. The monoisotopic (exact) mass is 238 g/mol. The average Bonchev–Trinajstić information content (AvgIpc) is 2.79. The standard InChI is InChI=1S/C13H22N2O2/c1-2-17-10-6-9(14)12(10)15-13(16)11-7-4-3-5-8(7)11/h7-12H,2-6,14H2,1H3,(H,15,16). The molecule has 0 aromatic carbocycles. The predicted octanol–water partition coefficient (Wildman–Crippen LogP) is 0.653. The lowest BCUT2D eigenvalue weighted by Gasteiger charge is -2.42. The van der Waals surface area contributed by atoms with Crippen molar-refractivity contribution in [3.05, 3.63) is 0 Å². The van der Waals surface area contributed by atoms with Crippen molar-refractivity contribution >= 4 is 5.91 Å². The van der Waals surface area contributed by atoms with Crippen molar-refractivity contribution in [3.63, 3.8) is 0 Å². The van der Waals surface area contributed by atoms with Crippen molar-refractivity contribution in [1.82, 2.24) is 5.32 Å². The quantitative estimate of drug-likeness (QED) is 0.756. The van der Waals surface area contributed by atoms with Crippen LogP contribution < -0.4 is 11.1 Å². The van der Waals surface area contributed by atoms with Gasteiger partial charge in [-0.05, 0) is 38.0 Å². The zero-order valence-electron chi connectivity index (χ0n) is 10.4. The van der Waals surface area contributed by atoms with E-state index in [1.807, 2.05) is 6.92 Å². The third-order valence-electron chi connectivity index (χ3n) is 4.77. The van der Waals surface area contributed by atoms with E-state index in [1.54, 1.807) is 0 Å². The molecule has 3 fully saturated rings. The van der Waals surface area contributed by atoms with Gasteiger partial charge in [0.1, 0.15) is 0 Å². The highest BCUT2D eigenvalue weighted by molar-refractivity contribution is 5.83. The van der Waals surface area contributed by atoms with E-state index >= 15 is 0 Å². The normalized spacial score (nSPS) is 47.2. The van der Waals surface area contributed by atoms with Crippen LogP contribution in [0.1, 0.15) is 32.6 Å². The molecular weight excluding hydrogens is 216 g/mol. The molecule has 0 saturated heterocycles. The summed E-state index contributed by atoms with van der Waals surface area (Å²) < 4.78 is 5.56. The zero-order valence-corrected chi connectivity index (χ0v) is 10.4. The van der Waals surface area contributed by atoms with Crippen LogP contribution in [0.4, 0.5) is 0 Å². The molecule has 0 radical (unpaired) electrons. The maximum atomic E-state index is 12.1. The van der Waals surface area contributed by atoms with Gasteiger partial charge in [0.2, 0.25) is 5.91 Å². The van der Waals surface area contributed by atoms with Crippen molar-refractivity contribution in [1.29, 1.82) is 0 Å². The second-order valence-electron chi connectivity index (χ2n) is 5.71. The molecule has 3 N–H and O–H groups in total. The number of nitrogens with one attached hydrogen (secondary N) is 1. The first-order chi connectivity index (χ1) is 8.22. The Morgan fingerprint density at radius 2 is 2.12 bits per heavy atom. The second kappa shape index (κ2) is 4.25. The number of amides is 1. The Kier molecular flexibility index (Phi) is 2.87. The Morgan fingerprint density at radius 1 is 1.41 bits per heavy atom. The summed E-state index contributed by atoms with van der Waals surface area (Å²) in [4.78, 5) is 12.1. The highest BCUT2D eigenvalue weighted by atomic mass is 16.5. The number of nitrogens with two attached hydrogens (primary N) is 1.